The van der Waals surface area contributed by atoms with Gasteiger partial charge in [0.2, 0.25) is 0 Å². The molecule has 1 heterocycles. The van der Waals surface area contributed by atoms with Crippen LogP contribution < -0.4 is 5.32 Å². The van der Waals surface area contributed by atoms with E-state index < -0.39 is 0 Å². The molecule has 0 aromatic carbocycles. The minimum Gasteiger partial charge on any atom is -0.314 e. The first-order valence-corrected chi connectivity index (χ1v) is 7.59. The highest BCUT2D eigenvalue weighted by Gasteiger charge is 2.08. The average Bonchev–Trinajstić information content (AvgIpc) is 2.68. The van der Waals surface area contributed by atoms with Gasteiger partial charge in [0.05, 0.1) is 12.2 Å². The second-order valence-corrected chi connectivity index (χ2v) is 5.00. The number of nitrogens with zero attached hydrogens (tertiary/aromatic N) is 3. The molecule has 0 atom stereocenters. The fraction of sp³-hybridized carbons (Fsp3) is 0.800. The van der Waals surface area contributed by atoms with Gasteiger partial charge in [0.1, 0.15) is 0 Å². The Labute approximate surface area is 118 Å². The van der Waals surface area contributed by atoms with Crippen molar-refractivity contribution in [2.75, 3.05) is 32.7 Å². The Bertz CT molecular complexity index is 366. The van der Waals surface area contributed by atoms with Gasteiger partial charge >= 0.3 is 0 Å². The molecule has 1 aromatic rings. The maximum absolute atomic E-state index is 4.61. The fourth-order valence-electron chi connectivity index (χ4n) is 2.55. The highest BCUT2D eigenvalue weighted by Crippen LogP contribution is 2.12. The van der Waals surface area contributed by atoms with E-state index in [1.807, 2.05) is 0 Å². The van der Waals surface area contributed by atoms with Gasteiger partial charge in [-0.25, -0.2) is 0 Å². The molecule has 1 rings (SSSR count). The molecule has 4 nitrogen and oxygen atoms in total. The van der Waals surface area contributed by atoms with Crippen molar-refractivity contribution >= 4 is 0 Å². The Morgan fingerprint density at radius 2 is 1.79 bits per heavy atom. The molecule has 0 saturated carbocycles. The molecule has 110 valence electrons. The number of hydrogen-bond donors (Lipinski definition) is 1. The summed E-state index contributed by atoms with van der Waals surface area (Å²) in [6.07, 6.45) is 1.08. The highest BCUT2D eigenvalue weighted by atomic mass is 15.3. The molecule has 0 unspecified atom stereocenters. The third-order valence-electron chi connectivity index (χ3n) is 3.88. The zero-order valence-electron chi connectivity index (χ0n) is 13.3. The van der Waals surface area contributed by atoms with Gasteiger partial charge < -0.3 is 10.2 Å². The number of likely N-dealkylation sites (N-methyl/N-ethyl adjacent to an activating group) is 1. The molecule has 0 bridgehead atoms. The molecule has 0 fully saturated rings. The second-order valence-electron chi connectivity index (χ2n) is 5.00. The summed E-state index contributed by atoms with van der Waals surface area (Å²) < 4.78 is 2.14. The standard InChI is InChI=1S/C15H30N4/c1-6-15-13(4)17-19(14(15)5)12-10-16-9-11-18(7-2)8-3/h16H,6-12H2,1-5H3. The molecule has 19 heavy (non-hydrogen) atoms. The molecule has 1 aromatic heterocycles. The third-order valence-corrected chi connectivity index (χ3v) is 3.88. The summed E-state index contributed by atoms with van der Waals surface area (Å²) in [5.74, 6) is 0. The first kappa shape index (κ1) is 16.2. The molecule has 0 saturated heterocycles. The molecule has 4 heteroatoms. The van der Waals surface area contributed by atoms with E-state index in [2.05, 4.69) is 54.6 Å². The molecule has 0 amide bonds. The molecule has 0 aliphatic rings. The van der Waals surface area contributed by atoms with Crippen molar-refractivity contribution in [1.82, 2.24) is 20.0 Å². The van der Waals surface area contributed by atoms with E-state index in [-0.39, 0.29) is 0 Å². The summed E-state index contributed by atoms with van der Waals surface area (Å²) in [7, 11) is 0. The lowest BCUT2D eigenvalue weighted by Gasteiger charge is -2.18. The summed E-state index contributed by atoms with van der Waals surface area (Å²) in [5, 5.41) is 8.12. The largest absolute Gasteiger partial charge is 0.314 e. The van der Waals surface area contributed by atoms with Gasteiger partial charge in [-0.3, -0.25) is 4.68 Å². The van der Waals surface area contributed by atoms with Gasteiger partial charge in [-0.2, -0.15) is 5.10 Å². The van der Waals surface area contributed by atoms with E-state index in [1.165, 1.54) is 17.0 Å². The first-order valence-electron chi connectivity index (χ1n) is 7.59. The van der Waals surface area contributed by atoms with Crippen LogP contribution in [0.15, 0.2) is 0 Å². The highest BCUT2D eigenvalue weighted by molar-refractivity contribution is 5.24. The Hall–Kier alpha value is -0.870. The number of aromatic nitrogens is 2. The minimum atomic E-state index is 0.963. The van der Waals surface area contributed by atoms with Crippen LogP contribution in [0, 0.1) is 13.8 Å². The number of nitrogens with one attached hydrogen (secondary N) is 1. The molecule has 0 radical (unpaired) electrons. The smallest absolute Gasteiger partial charge is 0.0628 e. The van der Waals surface area contributed by atoms with E-state index >= 15 is 0 Å². The van der Waals surface area contributed by atoms with Crippen LogP contribution in [0.4, 0.5) is 0 Å². The molecular formula is C15H30N4. The van der Waals surface area contributed by atoms with E-state index in [4.69, 9.17) is 0 Å². The Morgan fingerprint density at radius 3 is 2.32 bits per heavy atom. The Balaban J connectivity index is 2.30. The lowest BCUT2D eigenvalue weighted by Crippen LogP contribution is -2.33. The fourth-order valence-corrected chi connectivity index (χ4v) is 2.55. The number of aryl methyl sites for hydroxylation is 1. The van der Waals surface area contributed by atoms with Gasteiger partial charge in [-0.1, -0.05) is 20.8 Å². The van der Waals surface area contributed by atoms with Crippen molar-refractivity contribution in [3.63, 3.8) is 0 Å². The van der Waals surface area contributed by atoms with Crippen LogP contribution in [-0.2, 0) is 13.0 Å². The summed E-state index contributed by atoms with van der Waals surface area (Å²) in [4.78, 5) is 2.44. The van der Waals surface area contributed by atoms with Crippen LogP contribution in [0.2, 0.25) is 0 Å². The van der Waals surface area contributed by atoms with Crippen LogP contribution in [0.5, 0.6) is 0 Å². The van der Waals surface area contributed by atoms with Crippen LogP contribution in [0.25, 0.3) is 0 Å². The van der Waals surface area contributed by atoms with E-state index in [1.54, 1.807) is 0 Å². The van der Waals surface area contributed by atoms with Crippen molar-refractivity contribution in [3.8, 4) is 0 Å². The summed E-state index contributed by atoms with van der Waals surface area (Å²) in [6, 6.07) is 0. The zero-order valence-corrected chi connectivity index (χ0v) is 13.3. The maximum atomic E-state index is 4.61. The SMILES string of the molecule is CCc1c(C)nn(CCNCCN(CC)CC)c1C. The summed E-state index contributed by atoms with van der Waals surface area (Å²) >= 11 is 0. The van der Waals surface area contributed by atoms with Crippen molar-refractivity contribution in [1.29, 1.82) is 0 Å². The topological polar surface area (TPSA) is 33.1 Å². The van der Waals surface area contributed by atoms with E-state index in [9.17, 15) is 0 Å². The Morgan fingerprint density at radius 1 is 1.11 bits per heavy atom. The van der Waals surface area contributed by atoms with Crippen molar-refractivity contribution in [2.24, 2.45) is 0 Å². The predicted molar refractivity (Wildman–Crippen MR) is 81.7 cm³/mol. The normalized spacial score (nSPS) is 11.5. The lowest BCUT2D eigenvalue weighted by molar-refractivity contribution is 0.301. The van der Waals surface area contributed by atoms with Crippen LogP contribution in [-0.4, -0.2) is 47.4 Å². The van der Waals surface area contributed by atoms with Gasteiger partial charge in [-0.15, -0.1) is 0 Å². The number of rotatable bonds is 9. The molecular weight excluding hydrogens is 236 g/mol. The first-order chi connectivity index (χ1) is 9.13. The monoisotopic (exact) mass is 266 g/mol. The summed E-state index contributed by atoms with van der Waals surface area (Å²) in [5.41, 5.74) is 3.91. The predicted octanol–water partition coefficient (Wildman–Crippen LogP) is 1.99. The van der Waals surface area contributed by atoms with Crippen LogP contribution in [0.3, 0.4) is 0 Å². The molecule has 0 aliphatic heterocycles. The molecule has 0 spiro atoms. The van der Waals surface area contributed by atoms with Gasteiger partial charge in [0.25, 0.3) is 0 Å². The quantitative estimate of drug-likeness (QED) is 0.694. The van der Waals surface area contributed by atoms with Gasteiger partial charge in [0.15, 0.2) is 0 Å². The van der Waals surface area contributed by atoms with Gasteiger partial charge in [0, 0.05) is 25.3 Å². The molecule has 0 aliphatic carbocycles. The minimum absolute atomic E-state index is 0.963. The van der Waals surface area contributed by atoms with Crippen molar-refractivity contribution in [2.45, 2.75) is 47.6 Å². The van der Waals surface area contributed by atoms with Crippen molar-refractivity contribution < 1.29 is 0 Å². The average molecular weight is 266 g/mol. The van der Waals surface area contributed by atoms with Crippen molar-refractivity contribution in [3.05, 3.63) is 17.0 Å². The van der Waals surface area contributed by atoms with E-state index in [0.717, 1.165) is 45.7 Å². The van der Waals surface area contributed by atoms with E-state index in [0.29, 0.717) is 0 Å². The third kappa shape index (κ3) is 4.62. The number of hydrogen-bond acceptors (Lipinski definition) is 3. The Kier molecular flexibility index (Phi) is 7.10. The van der Waals surface area contributed by atoms with Gasteiger partial charge in [-0.05, 0) is 38.9 Å². The summed E-state index contributed by atoms with van der Waals surface area (Å²) in [6.45, 7) is 17.3. The zero-order chi connectivity index (χ0) is 14.3. The van der Waals surface area contributed by atoms with Crippen LogP contribution >= 0.6 is 0 Å². The maximum Gasteiger partial charge on any atom is 0.0628 e. The lowest BCUT2D eigenvalue weighted by atomic mass is 10.1. The molecule has 1 N–H and O–H groups in total. The second kappa shape index (κ2) is 8.33. The van der Waals surface area contributed by atoms with Crippen LogP contribution in [0.1, 0.15) is 37.7 Å².